The maximum Gasteiger partial charge on any atom is 0.291 e. The van der Waals surface area contributed by atoms with Crippen LogP contribution in [-0.4, -0.2) is 53.6 Å². The summed E-state index contributed by atoms with van der Waals surface area (Å²) in [7, 11) is 1.56. The standard InChI is InChI=1S/C22H21N3O4/c1-28-20-14-19(23-18-11-6-5-10-17(18)20)22(27)25-13-7-12-24(25)21(26)15-29-16-8-3-2-4-9-16/h2-6,8-11,14H,7,12-13,15H2,1H3. The zero-order valence-corrected chi connectivity index (χ0v) is 16.1. The summed E-state index contributed by atoms with van der Waals surface area (Å²) in [6.45, 7) is 0.780. The van der Waals surface area contributed by atoms with E-state index in [0.29, 0.717) is 36.5 Å². The number of pyridine rings is 1. The normalized spacial score (nSPS) is 13.6. The highest BCUT2D eigenvalue weighted by Gasteiger charge is 2.32. The number of hydrogen-bond acceptors (Lipinski definition) is 5. The number of rotatable bonds is 5. The smallest absolute Gasteiger partial charge is 0.291 e. The molecule has 1 aliphatic heterocycles. The second kappa shape index (κ2) is 8.18. The number of aromatic nitrogens is 1. The molecule has 0 N–H and O–H groups in total. The lowest BCUT2D eigenvalue weighted by atomic mass is 10.1. The molecule has 3 aromatic rings. The van der Waals surface area contributed by atoms with Gasteiger partial charge in [0.2, 0.25) is 0 Å². The molecule has 0 radical (unpaired) electrons. The summed E-state index contributed by atoms with van der Waals surface area (Å²) >= 11 is 0. The second-order valence-electron chi connectivity index (χ2n) is 6.63. The molecule has 1 saturated heterocycles. The zero-order valence-electron chi connectivity index (χ0n) is 16.1. The number of nitrogens with zero attached hydrogens (tertiary/aromatic N) is 3. The maximum absolute atomic E-state index is 13.1. The van der Waals surface area contributed by atoms with Crippen molar-refractivity contribution in [3.63, 3.8) is 0 Å². The molecule has 148 valence electrons. The average molecular weight is 391 g/mol. The third-order valence-corrected chi connectivity index (χ3v) is 4.78. The van der Waals surface area contributed by atoms with Crippen molar-refractivity contribution in [1.29, 1.82) is 0 Å². The molecule has 1 fully saturated rings. The van der Waals surface area contributed by atoms with Crippen LogP contribution in [0.3, 0.4) is 0 Å². The van der Waals surface area contributed by atoms with E-state index in [9.17, 15) is 9.59 Å². The molecule has 4 rings (SSSR count). The summed E-state index contributed by atoms with van der Waals surface area (Å²) < 4.78 is 11.0. The molecule has 2 heterocycles. The summed E-state index contributed by atoms with van der Waals surface area (Å²) in [4.78, 5) is 30.3. The van der Waals surface area contributed by atoms with Gasteiger partial charge in [-0.1, -0.05) is 30.3 Å². The highest BCUT2D eigenvalue weighted by molar-refractivity contribution is 5.98. The number of amides is 2. The number of hydrazine groups is 1. The Morgan fingerprint density at radius 1 is 1.00 bits per heavy atom. The van der Waals surface area contributed by atoms with Crippen LogP contribution in [-0.2, 0) is 4.79 Å². The SMILES string of the molecule is COc1cc(C(=O)N2CCCN2C(=O)COc2ccccc2)nc2ccccc12. The Morgan fingerprint density at radius 3 is 2.52 bits per heavy atom. The Balaban J connectivity index is 1.53. The molecule has 29 heavy (non-hydrogen) atoms. The number of carbonyl (C=O) groups is 2. The molecule has 2 amide bonds. The molecule has 0 atom stereocenters. The van der Waals surface area contributed by atoms with Crippen molar-refractivity contribution in [2.24, 2.45) is 0 Å². The number of para-hydroxylation sites is 2. The molecule has 2 aromatic carbocycles. The van der Waals surface area contributed by atoms with Gasteiger partial charge < -0.3 is 9.47 Å². The lowest BCUT2D eigenvalue weighted by molar-refractivity contribution is -0.142. The van der Waals surface area contributed by atoms with Gasteiger partial charge in [0.05, 0.1) is 12.6 Å². The highest BCUT2D eigenvalue weighted by Crippen LogP contribution is 2.26. The Kier molecular flexibility index (Phi) is 5.29. The number of carbonyl (C=O) groups excluding carboxylic acids is 2. The van der Waals surface area contributed by atoms with E-state index in [-0.39, 0.29) is 24.1 Å². The van der Waals surface area contributed by atoms with Gasteiger partial charge in [-0.05, 0) is 30.7 Å². The third kappa shape index (κ3) is 3.85. The lowest BCUT2D eigenvalue weighted by Gasteiger charge is -2.27. The van der Waals surface area contributed by atoms with Gasteiger partial charge in [0.1, 0.15) is 17.2 Å². The Bertz CT molecular complexity index is 1040. The van der Waals surface area contributed by atoms with E-state index in [4.69, 9.17) is 9.47 Å². The molecule has 0 aliphatic carbocycles. The summed E-state index contributed by atoms with van der Waals surface area (Å²) in [5.41, 5.74) is 0.906. The first-order chi connectivity index (χ1) is 14.2. The van der Waals surface area contributed by atoms with E-state index in [1.165, 1.54) is 10.0 Å². The summed E-state index contributed by atoms with van der Waals surface area (Å²) in [5.74, 6) is 0.578. The van der Waals surface area contributed by atoms with E-state index in [2.05, 4.69) is 4.98 Å². The first kappa shape index (κ1) is 18.7. The molecule has 7 heteroatoms. The first-order valence-electron chi connectivity index (χ1n) is 9.41. The number of ether oxygens (including phenoxy) is 2. The predicted octanol–water partition coefficient (Wildman–Crippen LogP) is 2.91. The minimum Gasteiger partial charge on any atom is -0.496 e. The van der Waals surface area contributed by atoms with Crippen LogP contribution in [0, 0.1) is 0 Å². The zero-order chi connectivity index (χ0) is 20.2. The molecule has 7 nitrogen and oxygen atoms in total. The fourth-order valence-corrected chi connectivity index (χ4v) is 3.37. The minimum atomic E-state index is -0.334. The van der Waals surface area contributed by atoms with Crippen molar-refractivity contribution < 1.29 is 19.1 Å². The Hall–Kier alpha value is -3.61. The van der Waals surface area contributed by atoms with E-state index in [1.807, 2.05) is 42.5 Å². The van der Waals surface area contributed by atoms with Gasteiger partial charge in [-0.3, -0.25) is 9.59 Å². The minimum absolute atomic E-state index is 0.137. The predicted molar refractivity (Wildman–Crippen MR) is 108 cm³/mol. The van der Waals surface area contributed by atoms with Crippen LogP contribution < -0.4 is 9.47 Å². The monoisotopic (exact) mass is 391 g/mol. The molecular weight excluding hydrogens is 370 g/mol. The fraction of sp³-hybridized carbons (Fsp3) is 0.227. The quantitative estimate of drug-likeness (QED) is 0.669. The van der Waals surface area contributed by atoms with Gasteiger partial charge in [-0.2, -0.15) is 0 Å². The van der Waals surface area contributed by atoms with Gasteiger partial charge in [0, 0.05) is 24.5 Å². The largest absolute Gasteiger partial charge is 0.496 e. The number of benzene rings is 2. The Labute approximate surface area is 168 Å². The van der Waals surface area contributed by atoms with Gasteiger partial charge in [-0.25, -0.2) is 15.0 Å². The molecule has 0 bridgehead atoms. The van der Waals surface area contributed by atoms with Crippen LogP contribution in [0.25, 0.3) is 10.9 Å². The molecule has 1 aliphatic rings. The first-order valence-corrected chi connectivity index (χ1v) is 9.41. The van der Waals surface area contributed by atoms with E-state index >= 15 is 0 Å². The van der Waals surface area contributed by atoms with Crippen LogP contribution in [0.5, 0.6) is 11.5 Å². The molecule has 0 spiro atoms. The van der Waals surface area contributed by atoms with Crippen molar-refractivity contribution >= 4 is 22.7 Å². The van der Waals surface area contributed by atoms with Gasteiger partial charge in [-0.15, -0.1) is 0 Å². The summed E-state index contributed by atoms with van der Waals surface area (Å²) in [5, 5.41) is 3.71. The van der Waals surface area contributed by atoms with Crippen LogP contribution in [0.15, 0.2) is 60.7 Å². The second-order valence-corrected chi connectivity index (χ2v) is 6.63. The van der Waals surface area contributed by atoms with E-state index in [0.717, 1.165) is 5.39 Å². The van der Waals surface area contributed by atoms with Crippen LogP contribution >= 0.6 is 0 Å². The number of fused-ring (bicyclic) bond motifs is 1. The van der Waals surface area contributed by atoms with Crippen molar-refractivity contribution in [2.45, 2.75) is 6.42 Å². The van der Waals surface area contributed by atoms with Gasteiger partial charge >= 0.3 is 0 Å². The van der Waals surface area contributed by atoms with E-state index < -0.39 is 0 Å². The van der Waals surface area contributed by atoms with Crippen LogP contribution in [0.2, 0.25) is 0 Å². The number of hydrogen-bond donors (Lipinski definition) is 0. The average Bonchev–Trinajstić information content (AvgIpc) is 3.27. The summed E-state index contributed by atoms with van der Waals surface area (Å²) in [6, 6.07) is 18.2. The van der Waals surface area contributed by atoms with Crippen molar-refractivity contribution in [3.8, 4) is 11.5 Å². The molecule has 0 unspecified atom stereocenters. The van der Waals surface area contributed by atoms with Crippen molar-refractivity contribution in [2.75, 3.05) is 26.8 Å². The van der Waals surface area contributed by atoms with Gasteiger partial charge in [0.25, 0.3) is 11.8 Å². The fourth-order valence-electron chi connectivity index (χ4n) is 3.37. The van der Waals surface area contributed by atoms with E-state index in [1.54, 1.807) is 25.3 Å². The third-order valence-electron chi connectivity index (χ3n) is 4.78. The molecule has 1 aromatic heterocycles. The molecule has 0 saturated carbocycles. The topological polar surface area (TPSA) is 72.0 Å². The number of methoxy groups -OCH3 is 1. The van der Waals surface area contributed by atoms with Crippen molar-refractivity contribution in [3.05, 3.63) is 66.4 Å². The van der Waals surface area contributed by atoms with Crippen LogP contribution in [0.4, 0.5) is 0 Å². The highest BCUT2D eigenvalue weighted by atomic mass is 16.5. The van der Waals surface area contributed by atoms with Gasteiger partial charge in [0.15, 0.2) is 6.61 Å². The van der Waals surface area contributed by atoms with Crippen molar-refractivity contribution in [1.82, 2.24) is 15.0 Å². The maximum atomic E-state index is 13.1. The lowest BCUT2D eigenvalue weighted by Crippen LogP contribution is -2.46. The molecular formula is C22H21N3O4. The van der Waals surface area contributed by atoms with Crippen LogP contribution in [0.1, 0.15) is 16.9 Å². The Morgan fingerprint density at radius 2 is 1.72 bits per heavy atom. The summed E-state index contributed by atoms with van der Waals surface area (Å²) in [6.07, 6.45) is 0.702.